The zero-order valence-electron chi connectivity index (χ0n) is 12.9. The van der Waals surface area contributed by atoms with Gasteiger partial charge in [0.25, 0.3) is 5.69 Å². The molecule has 1 aliphatic carbocycles. The number of nitrogens with two attached hydrogens (primary N) is 1. The van der Waals surface area contributed by atoms with E-state index < -0.39 is 4.92 Å². The van der Waals surface area contributed by atoms with Gasteiger partial charge in [-0.2, -0.15) is 0 Å². The molecule has 0 aliphatic heterocycles. The molecule has 2 rings (SSSR count). The summed E-state index contributed by atoms with van der Waals surface area (Å²) in [7, 11) is 0. The van der Waals surface area contributed by atoms with Gasteiger partial charge in [0, 0.05) is 30.1 Å². The van der Waals surface area contributed by atoms with Crippen molar-refractivity contribution < 1.29 is 4.92 Å². The number of nitro groups is 1. The third kappa shape index (κ3) is 4.09. The summed E-state index contributed by atoms with van der Waals surface area (Å²) in [6.45, 7) is 5.38. The Bertz CT molecular complexity index is 508. The molecule has 5 heteroatoms. The van der Waals surface area contributed by atoms with Crippen LogP contribution in [0.2, 0.25) is 0 Å². The zero-order valence-corrected chi connectivity index (χ0v) is 12.9. The first kappa shape index (κ1) is 15.6. The number of nitrogens with one attached hydrogen (secondary N) is 1. The molecule has 0 heterocycles. The topological polar surface area (TPSA) is 81.2 Å². The van der Waals surface area contributed by atoms with Gasteiger partial charge in [0.15, 0.2) is 0 Å². The lowest BCUT2D eigenvalue weighted by atomic mass is 9.78. The highest BCUT2D eigenvalue weighted by atomic mass is 16.6. The maximum absolute atomic E-state index is 10.9. The van der Waals surface area contributed by atoms with Crippen molar-refractivity contribution in [3.8, 4) is 0 Å². The maximum Gasteiger partial charge on any atom is 0.273 e. The minimum absolute atomic E-state index is 0.0434. The molecule has 0 bridgehead atoms. The Morgan fingerprint density at radius 3 is 2.57 bits per heavy atom. The number of nitro benzene ring substituents is 1. The molecule has 1 fully saturated rings. The number of nitrogens with zero attached hydrogens (tertiary/aromatic N) is 1. The summed E-state index contributed by atoms with van der Waals surface area (Å²) >= 11 is 0. The van der Waals surface area contributed by atoms with Gasteiger partial charge in [-0.3, -0.25) is 10.1 Å². The quantitative estimate of drug-likeness (QED) is 0.467. The van der Waals surface area contributed by atoms with Crippen molar-refractivity contribution in [1.29, 1.82) is 0 Å². The minimum atomic E-state index is -0.402. The van der Waals surface area contributed by atoms with E-state index in [4.69, 9.17) is 5.73 Å². The van der Waals surface area contributed by atoms with Crippen LogP contribution in [0.15, 0.2) is 18.2 Å². The van der Waals surface area contributed by atoms with Gasteiger partial charge in [-0.1, -0.05) is 26.7 Å². The van der Waals surface area contributed by atoms with E-state index in [0.717, 1.165) is 12.2 Å². The van der Waals surface area contributed by atoms with Crippen LogP contribution in [-0.4, -0.2) is 11.5 Å². The van der Waals surface area contributed by atoms with Crippen molar-refractivity contribution in [2.24, 2.45) is 11.3 Å². The molecular formula is C16H25N3O2. The number of anilines is 2. The van der Waals surface area contributed by atoms with Crippen molar-refractivity contribution in [3.63, 3.8) is 0 Å². The van der Waals surface area contributed by atoms with Crippen LogP contribution < -0.4 is 11.1 Å². The second kappa shape index (κ2) is 6.33. The molecule has 5 nitrogen and oxygen atoms in total. The SMILES string of the molecule is CC(C)CC1(CNc2cc(N)cc([N+](=O)[O-])c2)CCCC1. The smallest absolute Gasteiger partial charge is 0.273 e. The number of hydrogen-bond donors (Lipinski definition) is 2. The molecule has 0 saturated heterocycles. The van der Waals surface area contributed by atoms with Crippen LogP contribution in [0.4, 0.5) is 17.1 Å². The second-order valence-corrected chi connectivity index (χ2v) is 6.73. The van der Waals surface area contributed by atoms with Gasteiger partial charge in [0.05, 0.1) is 4.92 Å². The van der Waals surface area contributed by atoms with Crippen LogP contribution in [0, 0.1) is 21.4 Å². The van der Waals surface area contributed by atoms with Crippen LogP contribution in [0.5, 0.6) is 0 Å². The zero-order chi connectivity index (χ0) is 15.5. The monoisotopic (exact) mass is 291 g/mol. The highest BCUT2D eigenvalue weighted by Gasteiger charge is 2.34. The summed E-state index contributed by atoms with van der Waals surface area (Å²) in [5.74, 6) is 0.667. The summed E-state index contributed by atoms with van der Waals surface area (Å²) in [6, 6.07) is 4.73. The molecule has 1 saturated carbocycles. The van der Waals surface area contributed by atoms with Gasteiger partial charge in [0.1, 0.15) is 0 Å². The number of benzene rings is 1. The second-order valence-electron chi connectivity index (χ2n) is 6.73. The average Bonchev–Trinajstić information content (AvgIpc) is 2.84. The van der Waals surface area contributed by atoms with E-state index in [9.17, 15) is 10.1 Å². The minimum Gasteiger partial charge on any atom is -0.398 e. The van der Waals surface area contributed by atoms with Gasteiger partial charge < -0.3 is 11.1 Å². The largest absolute Gasteiger partial charge is 0.398 e. The molecule has 0 radical (unpaired) electrons. The molecule has 1 aliphatic rings. The summed E-state index contributed by atoms with van der Waals surface area (Å²) in [5, 5.41) is 14.3. The number of rotatable bonds is 6. The molecule has 0 amide bonds. The van der Waals surface area contributed by atoms with Gasteiger partial charge >= 0.3 is 0 Å². The van der Waals surface area contributed by atoms with Crippen molar-refractivity contribution in [1.82, 2.24) is 0 Å². The summed E-state index contributed by atoms with van der Waals surface area (Å²) in [6.07, 6.45) is 6.24. The van der Waals surface area contributed by atoms with Crippen molar-refractivity contribution in [2.45, 2.75) is 46.0 Å². The van der Waals surface area contributed by atoms with E-state index in [2.05, 4.69) is 19.2 Å². The molecule has 0 aromatic heterocycles. The fourth-order valence-electron chi connectivity index (χ4n) is 3.58. The number of hydrogen-bond acceptors (Lipinski definition) is 4. The fraction of sp³-hybridized carbons (Fsp3) is 0.625. The molecular weight excluding hydrogens is 266 g/mol. The lowest BCUT2D eigenvalue weighted by Gasteiger charge is -2.31. The third-order valence-corrected chi connectivity index (χ3v) is 4.32. The van der Waals surface area contributed by atoms with E-state index in [-0.39, 0.29) is 5.69 Å². The Labute approximate surface area is 126 Å². The van der Waals surface area contributed by atoms with E-state index >= 15 is 0 Å². The molecule has 1 aromatic carbocycles. The van der Waals surface area contributed by atoms with Gasteiger partial charge in [-0.05, 0) is 36.7 Å². The molecule has 116 valence electrons. The van der Waals surface area contributed by atoms with E-state index in [1.165, 1.54) is 38.2 Å². The molecule has 1 aromatic rings. The van der Waals surface area contributed by atoms with Gasteiger partial charge in [-0.25, -0.2) is 0 Å². The van der Waals surface area contributed by atoms with Crippen LogP contribution in [0.1, 0.15) is 46.0 Å². The first-order valence-electron chi connectivity index (χ1n) is 7.69. The highest BCUT2D eigenvalue weighted by Crippen LogP contribution is 2.43. The molecule has 0 unspecified atom stereocenters. The van der Waals surface area contributed by atoms with Crippen LogP contribution in [0.25, 0.3) is 0 Å². The molecule has 0 spiro atoms. The van der Waals surface area contributed by atoms with Crippen LogP contribution in [-0.2, 0) is 0 Å². The van der Waals surface area contributed by atoms with E-state index in [1.54, 1.807) is 12.1 Å². The maximum atomic E-state index is 10.9. The summed E-state index contributed by atoms with van der Waals surface area (Å²) in [5.41, 5.74) is 7.29. The number of nitrogen functional groups attached to an aromatic ring is 1. The fourth-order valence-corrected chi connectivity index (χ4v) is 3.58. The first-order valence-corrected chi connectivity index (χ1v) is 7.69. The summed E-state index contributed by atoms with van der Waals surface area (Å²) < 4.78 is 0. The Morgan fingerprint density at radius 2 is 2.00 bits per heavy atom. The molecule has 0 atom stereocenters. The lowest BCUT2D eigenvalue weighted by molar-refractivity contribution is -0.384. The van der Waals surface area contributed by atoms with Crippen molar-refractivity contribution in [3.05, 3.63) is 28.3 Å². The van der Waals surface area contributed by atoms with E-state index in [1.807, 2.05) is 0 Å². The Morgan fingerprint density at radius 1 is 1.33 bits per heavy atom. The predicted molar refractivity (Wildman–Crippen MR) is 86.4 cm³/mol. The van der Waals surface area contributed by atoms with Crippen LogP contribution >= 0.6 is 0 Å². The summed E-state index contributed by atoms with van der Waals surface area (Å²) in [4.78, 5) is 10.5. The standard InChI is InChI=1S/C16H25N3O2/c1-12(2)10-16(5-3-4-6-16)11-18-14-7-13(17)8-15(9-14)19(20)21/h7-9,12,18H,3-6,10-11,17H2,1-2H3. The van der Waals surface area contributed by atoms with Crippen molar-refractivity contribution in [2.75, 3.05) is 17.6 Å². The highest BCUT2D eigenvalue weighted by molar-refractivity contribution is 5.61. The molecule has 21 heavy (non-hydrogen) atoms. The van der Waals surface area contributed by atoms with Gasteiger partial charge in [0.2, 0.25) is 0 Å². The Hall–Kier alpha value is -1.78. The molecule has 3 N–H and O–H groups in total. The lowest BCUT2D eigenvalue weighted by Crippen LogP contribution is -2.28. The van der Waals surface area contributed by atoms with Crippen molar-refractivity contribution >= 4 is 17.1 Å². The average molecular weight is 291 g/mol. The Kier molecular flexibility index (Phi) is 4.70. The number of non-ortho nitro benzene ring substituents is 1. The third-order valence-electron chi connectivity index (χ3n) is 4.32. The first-order chi connectivity index (χ1) is 9.90. The normalized spacial score (nSPS) is 17.1. The van der Waals surface area contributed by atoms with Crippen LogP contribution in [0.3, 0.4) is 0 Å². The Balaban J connectivity index is 2.09. The van der Waals surface area contributed by atoms with Gasteiger partial charge in [-0.15, -0.1) is 0 Å². The van der Waals surface area contributed by atoms with E-state index in [0.29, 0.717) is 17.0 Å². The predicted octanol–water partition coefficient (Wildman–Crippen LogP) is 4.20.